The second-order valence-corrected chi connectivity index (χ2v) is 6.28. The maximum absolute atomic E-state index is 13.8. The minimum absolute atomic E-state index is 0.0552. The number of carbonyl (C=O) groups excluding carboxylic acids is 1. The molecule has 0 spiro atoms. The van der Waals surface area contributed by atoms with Crippen LogP contribution in [0.3, 0.4) is 0 Å². The molecule has 0 unspecified atom stereocenters. The molecular weight excluding hydrogens is 305 g/mol. The number of rotatable bonds is 5. The highest BCUT2D eigenvalue weighted by Gasteiger charge is 2.18. The number of amides is 1. The number of hydrogen-bond acceptors (Lipinski definition) is 2. The van der Waals surface area contributed by atoms with Crippen molar-refractivity contribution in [3.8, 4) is 5.75 Å². The Labute approximate surface area is 142 Å². The molecule has 0 aliphatic carbocycles. The normalized spacial score (nSPS) is 12.1. The zero-order chi connectivity index (χ0) is 17.9. The van der Waals surface area contributed by atoms with Crippen LogP contribution in [-0.4, -0.2) is 13.0 Å². The van der Waals surface area contributed by atoms with E-state index >= 15 is 0 Å². The van der Waals surface area contributed by atoms with Crippen LogP contribution in [0.25, 0.3) is 0 Å². The lowest BCUT2D eigenvalue weighted by atomic mass is 9.93. The maximum Gasteiger partial charge on any atom is 0.254 e. The van der Waals surface area contributed by atoms with Crippen LogP contribution < -0.4 is 10.1 Å². The molecule has 3 nitrogen and oxygen atoms in total. The highest BCUT2D eigenvalue weighted by atomic mass is 19.1. The Balaban J connectivity index is 2.29. The molecule has 2 rings (SSSR count). The molecule has 0 radical (unpaired) electrons. The van der Waals surface area contributed by atoms with E-state index in [1.807, 2.05) is 19.9 Å². The third-order valence-electron chi connectivity index (χ3n) is 4.17. The van der Waals surface area contributed by atoms with Crippen LogP contribution in [0, 0.1) is 12.7 Å². The second kappa shape index (κ2) is 7.47. The van der Waals surface area contributed by atoms with E-state index in [0.29, 0.717) is 5.92 Å². The third-order valence-corrected chi connectivity index (χ3v) is 4.17. The molecule has 2 aromatic carbocycles. The Morgan fingerprint density at radius 3 is 2.38 bits per heavy atom. The van der Waals surface area contributed by atoms with Gasteiger partial charge in [0.2, 0.25) is 0 Å². The monoisotopic (exact) mass is 329 g/mol. The van der Waals surface area contributed by atoms with Crippen molar-refractivity contribution in [1.29, 1.82) is 0 Å². The molecule has 0 saturated heterocycles. The molecule has 0 fully saturated rings. The molecule has 0 aliphatic rings. The topological polar surface area (TPSA) is 38.3 Å². The van der Waals surface area contributed by atoms with E-state index in [1.54, 1.807) is 19.2 Å². The van der Waals surface area contributed by atoms with Gasteiger partial charge in [0, 0.05) is 0 Å². The van der Waals surface area contributed by atoms with Gasteiger partial charge >= 0.3 is 0 Å². The predicted octanol–water partition coefficient (Wildman–Crippen LogP) is 4.76. The van der Waals surface area contributed by atoms with Gasteiger partial charge in [0.05, 0.1) is 18.7 Å². The SMILES string of the molecule is COc1cc(C)c([C@@H](C)NC(=O)c2ccccc2F)cc1C(C)C. The fraction of sp³-hybridized carbons (Fsp3) is 0.350. The summed E-state index contributed by atoms with van der Waals surface area (Å²) in [6, 6.07) is 9.80. The van der Waals surface area contributed by atoms with Gasteiger partial charge < -0.3 is 10.1 Å². The summed E-state index contributed by atoms with van der Waals surface area (Å²) in [5, 5.41) is 2.88. The van der Waals surface area contributed by atoms with Crippen LogP contribution in [0.15, 0.2) is 36.4 Å². The maximum atomic E-state index is 13.8. The molecule has 4 heteroatoms. The Bertz CT molecular complexity index is 740. The summed E-state index contributed by atoms with van der Waals surface area (Å²) >= 11 is 0. The number of methoxy groups -OCH3 is 1. The molecule has 0 bridgehead atoms. The molecule has 1 N–H and O–H groups in total. The van der Waals surface area contributed by atoms with Gasteiger partial charge in [-0.25, -0.2) is 4.39 Å². The van der Waals surface area contributed by atoms with E-state index in [1.165, 1.54) is 12.1 Å². The van der Waals surface area contributed by atoms with Crippen LogP contribution in [0.4, 0.5) is 4.39 Å². The fourth-order valence-electron chi connectivity index (χ4n) is 2.81. The number of benzene rings is 2. The fourth-order valence-corrected chi connectivity index (χ4v) is 2.81. The number of ether oxygens (including phenoxy) is 1. The van der Waals surface area contributed by atoms with Crippen LogP contribution in [0.2, 0.25) is 0 Å². The summed E-state index contributed by atoms with van der Waals surface area (Å²) in [6.07, 6.45) is 0. The first kappa shape index (κ1) is 18.0. The lowest BCUT2D eigenvalue weighted by molar-refractivity contribution is 0.0935. The van der Waals surface area contributed by atoms with E-state index in [2.05, 4.69) is 25.2 Å². The number of nitrogens with one attached hydrogen (secondary N) is 1. The molecule has 0 saturated carbocycles. The summed E-state index contributed by atoms with van der Waals surface area (Å²) in [6.45, 7) is 8.07. The van der Waals surface area contributed by atoms with Gasteiger partial charge in [-0.1, -0.05) is 26.0 Å². The minimum atomic E-state index is -0.517. The first-order valence-electron chi connectivity index (χ1n) is 8.09. The summed E-state index contributed by atoms with van der Waals surface area (Å²) < 4.78 is 19.2. The van der Waals surface area contributed by atoms with Crippen LogP contribution >= 0.6 is 0 Å². The van der Waals surface area contributed by atoms with Gasteiger partial charge in [-0.2, -0.15) is 0 Å². The van der Waals surface area contributed by atoms with Gasteiger partial charge in [0.25, 0.3) is 5.91 Å². The van der Waals surface area contributed by atoms with Gasteiger partial charge in [0.15, 0.2) is 0 Å². The van der Waals surface area contributed by atoms with Crippen molar-refractivity contribution >= 4 is 5.91 Å². The molecule has 2 aromatic rings. The summed E-state index contributed by atoms with van der Waals surface area (Å²) in [4.78, 5) is 12.3. The largest absolute Gasteiger partial charge is 0.496 e. The van der Waals surface area contributed by atoms with Crippen molar-refractivity contribution in [2.75, 3.05) is 7.11 Å². The number of aryl methyl sites for hydroxylation is 1. The van der Waals surface area contributed by atoms with Gasteiger partial charge in [-0.05, 0) is 60.7 Å². The van der Waals surface area contributed by atoms with Crippen LogP contribution in [-0.2, 0) is 0 Å². The molecule has 1 amide bonds. The summed E-state index contributed by atoms with van der Waals surface area (Å²) in [5.74, 6) is 0.214. The zero-order valence-corrected chi connectivity index (χ0v) is 14.8. The van der Waals surface area contributed by atoms with Gasteiger partial charge in [-0.15, -0.1) is 0 Å². The van der Waals surface area contributed by atoms with Crippen molar-refractivity contribution in [2.24, 2.45) is 0 Å². The molecule has 128 valence electrons. The number of carbonyl (C=O) groups is 1. The lowest BCUT2D eigenvalue weighted by Gasteiger charge is -2.21. The predicted molar refractivity (Wildman–Crippen MR) is 94.1 cm³/mol. The van der Waals surface area contributed by atoms with Crippen molar-refractivity contribution in [3.63, 3.8) is 0 Å². The summed E-state index contributed by atoms with van der Waals surface area (Å²) in [5.41, 5.74) is 3.17. The van der Waals surface area contributed by atoms with E-state index < -0.39 is 11.7 Å². The minimum Gasteiger partial charge on any atom is -0.496 e. The van der Waals surface area contributed by atoms with E-state index in [4.69, 9.17) is 4.74 Å². The van der Waals surface area contributed by atoms with Crippen LogP contribution in [0.1, 0.15) is 59.8 Å². The van der Waals surface area contributed by atoms with Crippen LogP contribution in [0.5, 0.6) is 5.75 Å². The molecule has 0 heterocycles. The zero-order valence-electron chi connectivity index (χ0n) is 14.8. The Morgan fingerprint density at radius 2 is 1.79 bits per heavy atom. The van der Waals surface area contributed by atoms with Crippen molar-refractivity contribution in [1.82, 2.24) is 5.32 Å². The van der Waals surface area contributed by atoms with Crippen molar-refractivity contribution in [2.45, 2.75) is 39.7 Å². The average molecular weight is 329 g/mol. The molecular formula is C20H24FNO2. The Morgan fingerprint density at radius 1 is 1.12 bits per heavy atom. The highest BCUT2D eigenvalue weighted by Crippen LogP contribution is 2.32. The van der Waals surface area contributed by atoms with Gasteiger partial charge in [0.1, 0.15) is 11.6 Å². The first-order chi connectivity index (χ1) is 11.3. The average Bonchev–Trinajstić information content (AvgIpc) is 2.54. The quantitative estimate of drug-likeness (QED) is 0.859. The smallest absolute Gasteiger partial charge is 0.254 e. The Hall–Kier alpha value is -2.36. The number of halogens is 1. The highest BCUT2D eigenvalue weighted by molar-refractivity contribution is 5.94. The number of hydrogen-bond donors (Lipinski definition) is 1. The Kier molecular flexibility index (Phi) is 5.60. The van der Waals surface area contributed by atoms with Crippen molar-refractivity contribution in [3.05, 3.63) is 64.5 Å². The van der Waals surface area contributed by atoms with E-state index in [0.717, 1.165) is 22.4 Å². The standard InChI is InChI=1S/C20H24FNO2/c1-12(2)16-11-17(13(3)10-19(16)24-5)14(4)22-20(23)15-8-6-7-9-18(15)21/h6-12,14H,1-5H3,(H,22,23)/t14-/m1/s1. The first-order valence-corrected chi connectivity index (χ1v) is 8.09. The molecule has 1 atom stereocenters. The van der Waals surface area contributed by atoms with Crippen molar-refractivity contribution < 1.29 is 13.9 Å². The van der Waals surface area contributed by atoms with E-state index in [-0.39, 0.29) is 11.6 Å². The molecule has 0 aromatic heterocycles. The molecule has 24 heavy (non-hydrogen) atoms. The van der Waals surface area contributed by atoms with Gasteiger partial charge in [-0.3, -0.25) is 4.79 Å². The second-order valence-electron chi connectivity index (χ2n) is 6.28. The summed E-state index contributed by atoms with van der Waals surface area (Å²) in [7, 11) is 1.66. The third kappa shape index (κ3) is 3.75. The molecule has 0 aliphatic heterocycles. The lowest BCUT2D eigenvalue weighted by Crippen LogP contribution is -2.28. The van der Waals surface area contributed by atoms with E-state index in [9.17, 15) is 9.18 Å².